The molecule has 1 aromatic carbocycles. The molecule has 0 bridgehead atoms. The van der Waals surface area contributed by atoms with E-state index in [9.17, 15) is 14.9 Å². The Balaban J connectivity index is 2.26. The predicted molar refractivity (Wildman–Crippen MR) is 65.4 cm³/mol. The first-order valence-electron chi connectivity index (χ1n) is 4.69. The van der Waals surface area contributed by atoms with Crippen LogP contribution in [0.5, 0.6) is 0 Å². The fourth-order valence-corrected chi connectivity index (χ4v) is 1.68. The monoisotopic (exact) mass is 265 g/mol. The molecule has 0 atom stereocenters. The lowest BCUT2D eigenvalue weighted by molar-refractivity contribution is -0.383. The first kappa shape index (κ1) is 11.9. The highest BCUT2D eigenvalue weighted by Crippen LogP contribution is 2.23. The lowest BCUT2D eigenvalue weighted by atomic mass is 10.1. The molecule has 1 aromatic heterocycles. The summed E-state index contributed by atoms with van der Waals surface area (Å²) < 4.78 is 0. The van der Waals surface area contributed by atoms with E-state index in [4.69, 9.17) is 5.73 Å². The molecule has 1 amide bonds. The molecule has 1 heterocycles. The zero-order valence-electron chi connectivity index (χ0n) is 8.86. The topological polar surface area (TPSA) is 124 Å². The van der Waals surface area contributed by atoms with Crippen LogP contribution in [0.25, 0.3) is 0 Å². The Kier molecular flexibility index (Phi) is 3.15. The van der Waals surface area contributed by atoms with E-state index in [1.165, 1.54) is 17.6 Å². The van der Waals surface area contributed by atoms with Crippen molar-refractivity contribution < 1.29 is 9.72 Å². The number of aromatic nitrogens is 2. The second kappa shape index (κ2) is 4.75. The van der Waals surface area contributed by atoms with Gasteiger partial charge in [-0.2, -0.15) is 0 Å². The molecule has 2 rings (SSSR count). The Bertz CT molecular complexity index is 598. The summed E-state index contributed by atoms with van der Waals surface area (Å²) in [6, 6.07) is 3.83. The van der Waals surface area contributed by atoms with Gasteiger partial charge < -0.3 is 5.73 Å². The van der Waals surface area contributed by atoms with E-state index in [-0.39, 0.29) is 16.9 Å². The van der Waals surface area contributed by atoms with Gasteiger partial charge in [0, 0.05) is 11.6 Å². The van der Waals surface area contributed by atoms with E-state index in [1.807, 2.05) is 0 Å². The van der Waals surface area contributed by atoms with Crippen molar-refractivity contribution in [2.45, 2.75) is 0 Å². The number of nitrogens with one attached hydrogen (secondary N) is 1. The van der Waals surface area contributed by atoms with Crippen molar-refractivity contribution in [3.05, 3.63) is 39.4 Å². The van der Waals surface area contributed by atoms with E-state index >= 15 is 0 Å². The van der Waals surface area contributed by atoms with Gasteiger partial charge in [-0.1, -0.05) is 11.3 Å². The minimum Gasteiger partial charge on any atom is -0.393 e. The van der Waals surface area contributed by atoms with Crippen molar-refractivity contribution in [1.82, 2.24) is 10.2 Å². The van der Waals surface area contributed by atoms with Crippen LogP contribution in [0.1, 0.15) is 10.4 Å². The lowest BCUT2D eigenvalue weighted by Gasteiger charge is -2.02. The number of hydrogen-bond donors (Lipinski definition) is 2. The summed E-state index contributed by atoms with van der Waals surface area (Å²) in [5.41, 5.74) is 6.72. The summed E-state index contributed by atoms with van der Waals surface area (Å²) in [7, 11) is 0. The van der Waals surface area contributed by atoms with Crippen LogP contribution in [-0.4, -0.2) is 21.0 Å². The standard InChI is InChI=1S/C9H7N5O3S/c10-6-2-1-5(3-7(6)14(16)17)8(15)12-9-13-11-4-18-9/h1-4H,10H2,(H,12,13,15). The number of rotatable bonds is 3. The number of nitrogens with zero attached hydrogens (tertiary/aromatic N) is 3. The Labute approximate surface area is 105 Å². The molecule has 0 saturated carbocycles. The number of amides is 1. The Morgan fingerprint density at radius 2 is 2.28 bits per heavy atom. The third-order valence-corrected chi connectivity index (χ3v) is 2.68. The van der Waals surface area contributed by atoms with E-state index < -0.39 is 10.8 Å². The van der Waals surface area contributed by atoms with Crippen LogP contribution in [0.2, 0.25) is 0 Å². The van der Waals surface area contributed by atoms with Gasteiger partial charge in [-0.15, -0.1) is 10.2 Å². The summed E-state index contributed by atoms with van der Waals surface area (Å²) in [6.07, 6.45) is 0. The predicted octanol–water partition coefficient (Wildman–Crippen LogP) is 1.28. The largest absolute Gasteiger partial charge is 0.393 e. The van der Waals surface area contributed by atoms with E-state index in [0.29, 0.717) is 5.13 Å². The van der Waals surface area contributed by atoms with Crippen LogP contribution in [0, 0.1) is 10.1 Å². The molecule has 0 aliphatic carbocycles. The van der Waals surface area contributed by atoms with Crippen molar-refractivity contribution in [3.63, 3.8) is 0 Å². The molecule has 0 fully saturated rings. The van der Waals surface area contributed by atoms with Crippen LogP contribution in [0.4, 0.5) is 16.5 Å². The van der Waals surface area contributed by atoms with E-state index in [0.717, 1.165) is 17.4 Å². The van der Waals surface area contributed by atoms with Crippen LogP contribution in [0.3, 0.4) is 0 Å². The minimum absolute atomic E-state index is 0.00691. The molecule has 92 valence electrons. The molecule has 3 N–H and O–H groups in total. The van der Waals surface area contributed by atoms with Crippen molar-refractivity contribution in [1.29, 1.82) is 0 Å². The number of nitro benzene ring substituents is 1. The van der Waals surface area contributed by atoms with Gasteiger partial charge in [0.25, 0.3) is 11.6 Å². The molecule has 18 heavy (non-hydrogen) atoms. The van der Waals surface area contributed by atoms with Gasteiger partial charge in [0.1, 0.15) is 11.2 Å². The lowest BCUT2D eigenvalue weighted by Crippen LogP contribution is -2.12. The average Bonchev–Trinajstić information content (AvgIpc) is 2.81. The molecule has 0 aliphatic heterocycles. The quantitative estimate of drug-likeness (QED) is 0.489. The van der Waals surface area contributed by atoms with Crippen LogP contribution < -0.4 is 11.1 Å². The highest BCUT2D eigenvalue weighted by molar-refractivity contribution is 7.13. The fraction of sp³-hybridized carbons (Fsp3) is 0. The van der Waals surface area contributed by atoms with E-state index in [1.54, 1.807) is 0 Å². The second-order valence-electron chi connectivity index (χ2n) is 3.23. The van der Waals surface area contributed by atoms with Crippen molar-refractivity contribution in [3.8, 4) is 0 Å². The molecule has 9 heteroatoms. The zero-order chi connectivity index (χ0) is 13.1. The molecule has 0 saturated heterocycles. The highest BCUT2D eigenvalue weighted by Gasteiger charge is 2.16. The summed E-state index contributed by atoms with van der Waals surface area (Å²) in [5.74, 6) is -0.505. The smallest absolute Gasteiger partial charge is 0.292 e. The summed E-state index contributed by atoms with van der Waals surface area (Å²) >= 11 is 1.15. The van der Waals surface area contributed by atoms with Crippen LogP contribution >= 0.6 is 11.3 Å². The minimum atomic E-state index is -0.642. The Hall–Kier alpha value is -2.55. The second-order valence-corrected chi connectivity index (χ2v) is 4.06. The number of nitro groups is 1. The van der Waals surface area contributed by atoms with Gasteiger partial charge in [-0.25, -0.2) is 0 Å². The molecule has 0 unspecified atom stereocenters. The first-order valence-corrected chi connectivity index (χ1v) is 5.57. The Morgan fingerprint density at radius 3 is 2.89 bits per heavy atom. The molecule has 0 aliphatic rings. The Morgan fingerprint density at radius 1 is 1.50 bits per heavy atom. The maximum absolute atomic E-state index is 11.8. The molecule has 8 nitrogen and oxygen atoms in total. The highest BCUT2D eigenvalue weighted by atomic mass is 32.1. The number of benzene rings is 1. The summed E-state index contributed by atoms with van der Waals surface area (Å²) in [5, 5.41) is 20.7. The van der Waals surface area contributed by atoms with Crippen molar-refractivity contribution in [2.75, 3.05) is 11.1 Å². The van der Waals surface area contributed by atoms with E-state index in [2.05, 4.69) is 15.5 Å². The zero-order valence-corrected chi connectivity index (χ0v) is 9.68. The molecule has 2 aromatic rings. The van der Waals surface area contributed by atoms with Gasteiger partial charge in [-0.05, 0) is 12.1 Å². The van der Waals surface area contributed by atoms with Crippen LogP contribution in [-0.2, 0) is 0 Å². The van der Waals surface area contributed by atoms with Gasteiger partial charge in [0.05, 0.1) is 4.92 Å². The number of carbonyl (C=O) groups is 1. The normalized spacial score (nSPS) is 10.0. The van der Waals surface area contributed by atoms with Crippen LogP contribution in [0.15, 0.2) is 23.7 Å². The first-order chi connectivity index (χ1) is 8.58. The number of carbonyl (C=O) groups excluding carboxylic acids is 1. The number of anilines is 2. The molecular formula is C9H7N5O3S. The van der Waals surface area contributed by atoms with Gasteiger partial charge in [0.2, 0.25) is 5.13 Å². The fourth-order valence-electron chi connectivity index (χ4n) is 1.24. The molecule has 0 radical (unpaired) electrons. The number of nitrogen functional groups attached to an aromatic ring is 1. The number of nitrogens with two attached hydrogens (primary N) is 1. The maximum atomic E-state index is 11.8. The SMILES string of the molecule is Nc1ccc(C(=O)Nc2nncs2)cc1[N+](=O)[O-]. The maximum Gasteiger partial charge on any atom is 0.292 e. The van der Waals surface area contributed by atoms with Crippen molar-refractivity contribution in [2.24, 2.45) is 0 Å². The van der Waals surface area contributed by atoms with Gasteiger partial charge >= 0.3 is 0 Å². The molecule has 0 spiro atoms. The van der Waals surface area contributed by atoms with Gasteiger partial charge in [0.15, 0.2) is 0 Å². The third-order valence-electron chi connectivity index (χ3n) is 2.07. The molecular weight excluding hydrogens is 258 g/mol. The van der Waals surface area contributed by atoms with Crippen molar-refractivity contribution >= 4 is 33.8 Å². The summed E-state index contributed by atoms with van der Waals surface area (Å²) in [4.78, 5) is 21.8. The van der Waals surface area contributed by atoms with Gasteiger partial charge in [-0.3, -0.25) is 20.2 Å². The third kappa shape index (κ3) is 2.40. The number of hydrogen-bond acceptors (Lipinski definition) is 7. The average molecular weight is 265 g/mol. The summed E-state index contributed by atoms with van der Waals surface area (Å²) in [6.45, 7) is 0.